The van der Waals surface area contributed by atoms with Crippen LogP contribution in [0.15, 0.2) is 66.7 Å². The summed E-state index contributed by atoms with van der Waals surface area (Å²) >= 11 is 0. The molecule has 29 heavy (non-hydrogen) atoms. The van der Waals surface area contributed by atoms with E-state index in [2.05, 4.69) is 17.1 Å². The van der Waals surface area contributed by atoms with E-state index in [0.717, 1.165) is 18.5 Å². The van der Waals surface area contributed by atoms with Crippen LogP contribution in [-0.4, -0.2) is 34.8 Å². The first-order valence-electron chi connectivity index (χ1n) is 9.93. The molecule has 1 aromatic heterocycles. The van der Waals surface area contributed by atoms with Crippen molar-refractivity contribution in [3.05, 3.63) is 94.8 Å². The van der Waals surface area contributed by atoms with E-state index in [9.17, 15) is 9.59 Å². The number of carbonyl (C=O) groups is 2. The summed E-state index contributed by atoms with van der Waals surface area (Å²) in [5.74, 6) is -0.287. The first-order chi connectivity index (χ1) is 14.2. The molecule has 0 aliphatic carbocycles. The van der Waals surface area contributed by atoms with Gasteiger partial charge in [0.15, 0.2) is 0 Å². The minimum atomic E-state index is -0.159. The fourth-order valence-electron chi connectivity index (χ4n) is 4.19. The smallest absolute Gasteiger partial charge is 0.276 e. The van der Waals surface area contributed by atoms with E-state index >= 15 is 0 Å². The second-order valence-corrected chi connectivity index (χ2v) is 7.49. The first-order valence-corrected chi connectivity index (χ1v) is 9.93. The van der Waals surface area contributed by atoms with E-state index in [0.29, 0.717) is 31.0 Å². The van der Waals surface area contributed by atoms with Crippen LogP contribution in [0.4, 0.5) is 5.69 Å². The van der Waals surface area contributed by atoms with Gasteiger partial charge in [-0.2, -0.15) is 0 Å². The number of fused-ring (bicyclic) bond motifs is 2. The van der Waals surface area contributed by atoms with Gasteiger partial charge in [0.25, 0.3) is 11.8 Å². The van der Waals surface area contributed by atoms with Crippen LogP contribution < -0.4 is 4.90 Å². The van der Waals surface area contributed by atoms with Gasteiger partial charge in [-0.15, -0.1) is 0 Å². The summed E-state index contributed by atoms with van der Waals surface area (Å²) < 4.78 is 0. The highest BCUT2D eigenvalue weighted by atomic mass is 16.2. The minimum Gasteiger partial charge on any atom is -0.333 e. The predicted molar refractivity (Wildman–Crippen MR) is 111 cm³/mol. The summed E-state index contributed by atoms with van der Waals surface area (Å²) in [5, 5.41) is 0. The number of carbonyl (C=O) groups excluding carboxylic acids is 2. The fraction of sp³-hybridized carbons (Fsp3) is 0.208. The highest BCUT2D eigenvalue weighted by Gasteiger charge is 2.27. The number of rotatable bonds is 2. The molecule has 3 heterocycles. The maximum absolute atomic E-state index is 13.1. The zero-order chi connectivity index (χ0) is 19.8. The molecule has 0 radical (unpaired) electrons. The van der Waals surface area contributed by atoms with Crippen LogP contribution in [0, 0.1) is 0 Å². The topological polar surface area (TPSA) is 53.5 Å². The van der Waals surface area contributed by atoms with Crippen molar-refractivity contribution >= 4 is 17.5 Å². The lowest BCUT2D eigenvalue weighted by atomic mass is 10.00. The monoisotopic (exact) mass is 383 g/mol. The van der Waals surface area contributed by atoms with Crippen molar-refractivity contribution < 1.29 is 9.59 Å². The molecular formula is C24H21N3O2. The standard InChI is InChI=1S/C24H21N3O2/c28-23(26-14-12-17-6-1-2-8-19(17)16-26)20-9-5-10-21(25-20)24(29)27-15-13-18-7-3-4-11-22(18)27/h1-11H,12-16H2. The van der Waals surface area contributed by atoms with Crippen molar-refractivity contribution in [2.75, 3.05) is 18.0 Å². The van der Waals surface area contributed by atoms with Gasteiger partial charge in [-0.3, -0.25) is 9.59 Å². The van der Waals surface area contributed by atoms with Crippen molar-refractivity contribution in [3.63, 3.8) is 0 Å². The van der Waals surface area contributed by atoms with Crippen LogP contribution in [0.1, 0.15) is 37.7 Å². The third-order valence-corrected chi connectivity index (χ3v) is 5.74. The lowest BCUT2D eigenvalue weighted by Crippen LogP contribution is -2.37. The van der Waals surface area contributed by atoms with Gasteiger partial charge in [-0.25, -0.2) is 4.98 Å². The normalized spacial score (nSPS) is 15.0. The molecule has 0 atom stereocenters. The number of pyridine rings is 1. The third kappa shape index (κ3) is 3.18. The highest BCUT2D eigenvalue weighted by Crippen LogP contribution is 2.28. The van der Waals surface area contributed by atoms with Crippen molar-refractivity contribution in [3.8, 4) is 0 Å². The van der Waals surface area contributed by atoms with E-state index in [-0.39, 0.29) is 11.8 Å². The Labute approximate surface area is 169 Å². The van der Waals surface area contributed by atoms with Crippen molar-refractivity contribution in [1.29, 1.82) is 0 Å². The molecule has 3 aromatic rings. The number of aromatic nitrogens is 1. The zero-order valence-corrected chi connectivity index (χ0v) is 16.0. The van der Waals surface area contributed by atoms with Gasteiger partial charge in [-0.1, -0.05) is 48.5 Å². The highest BCUT2D eigenvalue weighted by molar-refractivity contribution is 6.06. The summed E-state index contributed by atoms with van der Waals surface area (Å²) in [6, 6.07) is 21.3. The molecule has 5 heteroatoms. The number of hydrogen-bond acceptors (Lipinski definition) is 3. The number of nitrogens with zero attached hydrogens (tertiary/aromatic N) is 3. The average Bonchev–Trinajstić information content (AvgIpc) is 3.22. The van der Waals surface area contributed by atoms with E-state index in [1.54, 1.807) is 23.1 Å². The Bertz CT molecular complexity index is 1110. The Kier molecular flexibility index (Phi) is 4.35. The lowest BCUT2D eigenvalue weighted by Gasteiger charge is -2.28. The Morgan fingerprint density at radius 3 is 2.17 bits per heavy atom. The Balaban J connectivity index is 1.38. The van der Waals surface area contributed by atoms with Gasteiger partial charge in [-0.05, 0) is 47.7 Å². The van der Waals surface area contributed by atoms with Crippen LogP contribution in [0.25, 0.3) is 0 Å². The summed E-state index contributed by atoms with van der Waals surface area (Å²) in [4.78, 5) is 34.1. The van der Waals surface area contributed by atoms with Crippen LogP contribution in [0.2, 0.25) is 0 Å². The molecular weight excluding hydrogens is 362 g/mol. The molecule has 2 aromatic carbocycles. The van der Waals surface area contributed by atoms with Crippen LogP contribution in [-0.2, 0) is 19.4 Å². The minimum absolute atomic E-state index is 0.129. The van der Waals surface area contributed by atoms with Gasteiger partial charge in [0.2, 0.25) is 0 Å². The maximum Gasteiger partial charge on any atom is 0.276 e. The largest absolute Gasteiger partial charge is 0.333 e. The molecule has 2 aliphatic heterocycles. The molecule has 2 amide bonds. The summed E-state index contributed by atoms with van der Waals surface area (Å²) in [7, 11) is 0. The van der Waals surface area contributed by atoms with Gasteiger partial charge < -0.3 is 9.80 Å². The van der Waals surface area contributed by atoms with Gasteiger partial charge in [0.1, 0.15) is 11.4 Å². The van der Waals surface area contributed by atoms with Crippen LogP contribution in [0.5, 0.6) is 0 Å². The van der Waals surface area contributed by atoms with Gasteiger partial charge in [0.05, 0.1) is 0 Å². The van der Waals surface area contributed by atoms with E-state index in [4.69, 9.17) is 0 Å². The van der Waals surface area contributed by atoms with E-state index < -0.39 is 0 Å². The molecule has 5 rings (SSSR count). The Morgan fingerprint density at radius 2 is 1.34 bits per heavy atom. The second-order valence-electron chi connectivity index (χ2n) is 7.49. The van der Waals surface area contributed by atoms with Crippen LogP contribution >= 0.6 is 0 Å². The fourth-order valence-corrected chi connectivity index (χ4v) is 4.19. The molecule has 0 saturated heterocycles. The number of anilines is 1. The molecule has 0 bridgehead atoms. The van der Waals surface area contributed by atoms with Crippen LogP contribution in [0.3, 0.4) is 0 Å². The number of hydrogen-bond donors (Lipinski definition) is 0. The molecule has 144 valence electrons. The maximum atomic E-state index is 13.1. The third-order valence-electron chi connectivity index (χ3n) is 5.74. The molecule has 0 saturated carbocycles. The van der Waals surface area contributed by atoms with Crippen molar-refractivity contribution in [2.45, 2.75) is 19.4 Å². The van der Waals surface area contributed by atoms with Crippen molar-refractivity contribution in [1.82, 2.24) is 9.88 Å². The number of amides is 2. The van der Waals surface area contributed by atoms with E-state index in [1.165, 1.54) is 16.7 Å². The first kappa shape index (κ1) is 17.6. The second kappa shape index (κ2) is 7.17. The quantitative estimate of drug-likeness (QED) is 0.681. The summed E-state index contributed by atoms with van der Waals surface area (Å²) in [5.41, 5.74) is 5.20. The molecule has 2 aliphatic rings. The zero-order valence-electron chi connectivity index (χ0n) is 16.0. The summed E-state index contributed by atoms with van der Waals surface area (Å²) in [6.45, 7) is 1.88. The molecule has 0 fully saturated rings. The average molecular weight is 383 g/mol. The van der Waals surface area contributed by atoms with Crippen molar-refractivity contribution in [2.24, 2.45) is 0 Å². The molecule has 0 unspecified atom stereocenters. The molecule has 5 nitrogen and oxygen atoms in total. The lowest BCUT2D eigenvalue weighted by molar-refractivity contribution is 0.0728. The SMILES string of the molecule is O=C(c1cccc(C(=O)N2CCc3ccccc32)n1)N1CCc2ccccc2C1. The molecule has 0 N–H and O–H groups in total. The summed E-state index contributed by atoms with van der Waals surface area (Å²) in [6.07, 6.45) is 1.68. The number of benzene rings is 2. The Morgan fingerprint density at radius 1 is 0.690 bits per heavy atom. The van der Waals surface area contributed by atoms with E-state index in [1.807, 2.05) is 41.3 Å². The molecule has 0 spiro atoms. The Hall–Kier alpha value is -3.47. The number of para-hydroxylation sites is 1. The van der Waals surface area contributed by atoms with Gasteiger partial charge in [0, 0.05) is 25.3 Å². The predicted octanol–water partition coefficient (Wildman–Crippen LogP) is 3.48. The van der Waals surface area contributed by atoms with Gasteiger partial charge >= 0.3 is 0 Å².